The van der Waals surface area contributed by atoms with Gasteiger partial charge in [-0.25, -0.2) is 132 Å². The first-order chi connectivity index (χ1) is 40.2. The number of benzene rings is 6. The average molecular weight is 1330 g/mol. The SMILES string of the molecule is CCCCCCCCO[B-](c1c(F)c(F)c(F)c(F)c1F)(c1c(F)c(F)c(F)c(F)c1F)c1c(F)c(F)c(F)c(F)c1F.CCCCCCCCO[B-](c1c(F)c(F)c(F)c(F)c1F)(c1c(F)c(F)c(F)c(F)c1F)c1c(F)c(F)c(F)c(F)c1F.[Mg+2].[MgH2]. The molecule has 6 aromatic carbocycles. The van der Waals surface area contributed by atoms with E-state index < -0.39 is 246 Å². The maximum absolute atomic E-state index is 15.3. The molecule has 6 aromatic rings. The van der Waals surface area contributed by atoms with Gasteiger partial charge in [-0.05, 0) is 12.8 Å². The molecule has 88 heavy (non-hydrogen) atoms. The van der Waals surface area contributed by atoms with Crippen LogP contribution in [0, 0.1) is 175 Å². The Morgan fingerprint density at radius 1 is 0.193 bits per heavy atom. The minimum absolute atomic E-state index is 0. The third-order valence-corrected chi connectivity index (χ3v) is 13.6. The molecule has 0 fully saturated rings. The zero-order valence-electron chi connectivity index (χ0n) is 43.9. The first-order valence-electron chi connectivity index (χ1n) is 24.9. The third kappa shape index (κ3) is 13.6. The van der Waals surface area contributed by atoms with Gasteiger partial charge in [-0.3, -0.25) is 0 Å². The van der Waals surface area contributed by atoms with Crippen molar-refractivity contribution in [3.8, 4) is 0 Å². The maximum atomic E-state index is 15.3. The van der Waals surface area contributed by atoms with Crippen molar-refractivity contribution in [2.24, 2.45) is 0 Å². The van der Waals surface area contributed by atoms with Gasteiger partial charge in [0.15, 0.2) is 105 Å². The second-order valence-electron chi connectivity index (χ2n) is 18.8. The van der Waals surface area contributed by atoms with Gasteiger partial charge in [-0.15, -0.1) is 0 Å². The van der Waals surface area contributed by atoms with Gasteiger partial charge < -0.3 is 9.31 Å². The summed E-state index contributed by atoms with van der Waals surface area (Å²) < 4.78 is 449. The Labute approximate surface area is 509 Å². The minimum atomic E-state index is -5.94. The Balaban J connectivity index is 0.000000450. The third-order valence-electron chi connectivity index (χ3n) is 13.6. The summed E-state index contributed by atoms with van der Waals surface area (Å²) in [6.45, 7) is 1.14. The van der Waals surface area contributed by atoms with E-state index in [-0.39, 0.29) is 58.9 Å². The number of rotatable bonds is 22. The fourth-order valence-electron chi connectivity index (χ4n) is 9.52. The molecule has 0 bridgehead atoms. The molecule has 2 nitrogen and oxygen atoms in total. The van der Waals surface area contributed by atoms with Crippen molar-refractivity contribution in [2.75, 3.05) is 13.2 Å². The molecule has 0 heterocycles. The summed E-state index contributed by atoms with van der Waals surface area (Å²) in [5, 5.41) is 0. The van der Waals surface area contributed by atoms with Crippen molar-refractivity contribution in [3.05, 3.63) is 175 Å². The molecular formula is C52H36B2F30Mg2O2. The van der Waals surface area contributed by atoms with Crippen molar-refractivity contribution >= 4 is 91.6 Å². The van der Waals surface area contributed by atoms with Gasteiger partial charge in [0.25, 0.3) is 0 Å². The van der Waals surface area contributed by atoms with Gasteiger partial charge in [0.05, 0.1) is 0 Å². The minimum Gasteiger partial charge on any atom is -0.579 e. The zero-order valence-corrected chi connectivity index (χ0v) is 45.3. The van der Waals surface area contributed by atoms with E-state index in [1.807, 2.05) is 13.8 Å². The molecule has 0 radical (unpaired) electrons. The fraction of sp³-hybridized carbons (Fsp3) is 0.308. The first-order valence-corrected chi connectivity index (χ1v) is 24.9. The van der Waals surface area contributed by atoms with Crippen molar-refractivity contribution in [1.29, 1.82) is 0 Å². The van der Waals surface area contributed by atoms with E-state index in [0.717, 1.165) is 12.8 Å². The molecule has 0 N–H and O–H groups in total. The van der Waals surface area contributed by atoms with E-state index in [0.29, 0.717) is 38.5 Å². The molecule has 0 unspecified atom stereocenters. The molecule has 0 atom stereocenters. The predicted octanol–water partition coefficient (Wildman–Crippen LogP) is 12.9. The molecule has 0 amide bonds. The average Bonchev–Trinajstić information content (AvgIpc) is 1.21. The van der Waals surface area contributed by atoms with Gasteiger partial charge in [0.2, 0.25) is 12.7 Å². The summed E-state index contributed by atoms with van der Waals surface area (Å²) in [6, 6.07) is 0. The molecule has 0 spiro atoms. The smallest absolute Gasteiger partial charge is 0.579 e. The van der Waals surface area contributed by atoms with Crippen LogP contribution >= 0.6 is 0 Å². The molecule has 476 valence electrons. The van der Waals surface area contributed by atoms with Crippen LogP contribution in [-0.2, 0) is 9.31 Å². The van der Waals surface area contributed by atoms with E-state index in [1.165, 1.54) is 0 Å². The second kappa shape index (κ2) is 31.2. The zero-order chi connectivity index (χ0) is 65.1. The number of hydrogen-bond donors (Lipinski definition) is 0. The van der Waals surface area contributed by atoms with Crippen molar-refractivity contribution in [1.82, 2.24) is 0 Å². The monoisotopic (exact) mass is 1330 g/mol. The molecule has 0 saturated carbocycles. The Hall–Kier alpha value is -5.20. The van der Waals surface area contributed by atoms with E-state index in [1.54, 1.807) is 0 Å². The molecule has 0 aliphatic carbocycles. The Kier molecular flexibility index (Phi) is 27.3. The van der Waals surface area contributed by atoms with Gasteiger partial charge in [0, 0.05) is 13.2 Å². The van der Waals surface area contributed by atoms with E-state index in [9.17, 15) is 79.0 Å². The molecular weight excluding hydrogens is 1300 g/mol. The standard InChI is InChI=1S/2C26H17BF15O.2Mg.2H/c2*1-2-3-4-5-6-7-8-43-27(9-12(28)18(34)24(40)19(35)13(9)29,10-14(30)20(36)25(41)21(37)15(10)31)11-16(32)22(38)26(42)23(39)17(11)33;;;;/h2*2-8H2,1H3;;;;/q2*-1;;+2;;. The summed E-state index contributed by atoms with van der Waals surface area (Å²) >= 11 is 0. The number of unbranched alkanes of at least 4 members (excludes halogenated alkanes) is 10. The fourth-order valence-corrected chi connectivity index (χ4v) is 9.52. The largest absolute Gasteiger partial charge is 2.00 e. The normalized spacial score (nSPS) is 11.7. The summed E-state index contributed by atoms with van der Waals surface area (Å²) in [6.07, 6.45) is -8.09. The van der Waals surface area contributed by atoms with Crippen molar-refractivity contribution in [2.45, 2.75) is 90.9 Å². The molecule has 0 aliphatic rings. The van der Waals surface area contributed by atoms with Gasteiger partial charge in [0.1, 0.15) is 69.8 Å². The van der Waals surface area contributed by atoms with Crippen LogP contribution in [0.4, 0.5) is 132 Å². The number of halogens is 30. The van der Waals surface area contributed by atoms with Crippen LogP contribution < -0.4 is 32.8 Å². The molecule has 0 aliphatic heterocycles. The van der Waals surface area contributed by atoms with Crippen LogP contribution in [0.1, 0.15) is 90.9 Å². The van der Waals surface area contributed by atoms with Gasteiger partial charge in [-0.1, -0.05) is 111 Å². The Bertz CT molecular complexity index is 2850. The summed E-state index contributed by atoms with van der Waals surface area (Å²) in [5.74, 6) is -91.7. The van der Waals surface area contributed by atoms with E-state index in [4.69, 9.17) is 9.31 Å². The van der Waals surface area contributed by atoms with Crippen LogP contribution in [0.25, 0.3) is 0 Å². The van der Waals surface area contributed by atoms with Crippen molar-refractivity contribution < 1.29 is 141 Å². The Morgan fingerprint density at radius 3 is 0.443 bits per heavy atom. The van der Waals surface area contributed by atoms with Crippen LogP contribution in [0.15, 0.2) is 0 Å². The molecule has 0 saturated heterocycles. The van der Waals surface area contributed by atoms with Gasteiger partial charge in [-0.2, -0.15) is 0 Å². The van der Waals surface area contributed by atoms with E-state index in [2.05, 4.69) is 0 Å². The second-order valence-corrected chi connectivity index (χ2v) is 18.8. The summed E-state index contributed by atoms with van der Waals surface area (Å²) in [4.78, 5) is 0. The topological polar surface area (TPSA) is 18.5 Å². The summed E-state index contributed by atoms with van der Waals surface area (Å²) in [7, 11) is 0. The van der Waals surface area contributed by atoms with Crippen molar-refractivity contribution in [3.63, 3.8) is 0 Å². The Morgan fingerprint density at radius 2 is 0.307 bits per heavy atom. The first kappa shape index (κ1) is 77.0. The van der Waals surface area contributed by atoms with Crippen LogP contribution in [0.2, 0.25) is 0 Å². The molecule has 36 heteroatoms. The van der Waals surface area contributed by atoms with Crippen LogP contribution in [0.3, 0.4) is 0 Å². The van der Waals surface area contributed by atoms with Gasteiger partial charge >= 0.3 is 46.1 Å². The summed E-state index contributed by atoms with van der Waals surface area (Å²) in [5.41, 5.74) is -16.6. The van der Waals surface area contributed by atoms with Crippen LogP contribution in [-0.4, -0.2) is 72.0 Å². The predicted molar refractivity (Wildman–Crippen MR) is 260 cm³/mol. The number of hydrogen-bond acceptors (Lipinski definition) is 2. The molecule has 6 rings (SSSR count). The van der Waals surface area contributed by atoms with E-state index >= 15 is 52.7 Å². The van der Waals surface area contributed by atoms with Crippen LogP contribution in [0.5, 0.6) is 0 Å². The quantitative estimate of drug-likeness (QED) is 0.0222. The molecule has 0 aromatic heterocycles. The maximum Gasteiger partial charge on any atom is 2.00 e.